The Hall–Kier alpha value is -3.68. The van der Waals surface area contributed by atoms with Gasteiger partial charge in [-0.25, -0.2) is 4.68 Å². The molecule has 0 spiro atoms. The van der Waals surface area contributed by atoms with E-state index in [0.717, 1.165) is 60.8 Å². The van der Waals surface area contributed by atoms with Gasteiger partial charge in [-0.3, -0.25) is 9.69 Å². The predicted molar refractivity (Wildman–Crippen MR) is 135 cm³/mol. The van der Waals surface area contributed by atoms with E-state index >= 15 is 0 Å². The third kappa shape index (κ3) is 5.11. The predicted octanol–water partition coefficient (Wildman–Crippen LogP) is 4.14. The van der Waals surface area contributed by atoms with Gasteiger partial charge in [-0.2, -0.15) is 5.10 Å². The maximum Gasteiger partial charge on any atom is 0.251 e. The van der Waals surface area contributed by atoms with Crippen LogP contribution in [0.15, 0.2) is 72.9 Å². The van der Waals surface area contributed by atoms with Crippen molar-refractivity contribution >= 4 is 28.2 Å². The summed E-state index contributed by atoms with van der Waals surface area (Å²) in [6.45, 7) is 6.88. The van der Waals surface area contributed by atoms with Gasteiger partial charge in [-0.15, -0.1) is 0 Å². The van der Waals surface area contributed by atoms with Gasteiger partial charge in [-0.05, 0) is 61.0 Å². The molecule has 2 heterocycles. The molecular weight excluding hydrogens is 426 g/mol. The standard InChI is InChI=1S/C27H29N5O2/c1-20-4-2-6-23(16-20)30-24-8-9-26-22(17-24)19-29-32(26)25-7-3-5-21(18-25)27(33)28-10-11-31-12-14-34-15-13-31/h2-9,16-19,30H,10-15H2,1H3,(H,28,33). The lowest BCUT2D eigenvalue weighted by Gasteiger charge is -2.26. The average molecular weight is 456 g/mol. The number of carbonyl (C=O) groups excluding carboxylic acids is 1. The Bertz CT molecular complexity index is 1290. The Kier molecular flexibility index (Phi) is 6.56. The van der Waals surface area contributed by atoms with E-state index in [2.05, 4.69) is 57.9 Å². The maximum atomic E-state index is 12.7. The minimum Gasteiger partial charge on any atom is -0.379 e. The quantitative estimate of drug-likeness (QED) is 0.438. The van der Waals surface area contributed by atoms with E-state index in [-0.39, 0.29) is 5.91 Å². The van der Waals surface area contributed by atoms with Crippen LogP contribution >= 0.6 is 0 Å². The summed E-state index contributed by atoms with van der Waals surface area (Å²) in [7, 11) is 0. The first-order valence-electron chi connectivity index (χ1n) is 11.7. The van der Waals surface area contributed by atoms with Crippen molar-refractivity contribution in [1.82, 2.24) is 20.0 Å². The SMILES string of the molecule is Cc1cccc(Nc2ccc3c(cnn3-c3cccc(C(=O)NCCN4CCOCC4)c3)c2)c1. The van der Waals surface area contributed by atoms with Crippen LogP contribution in [0.5, 0.6) is 0 Å². The van der Waals surface area contributed by atoms with E-state index in [1.165, 1.54) is 5.56 Å². The van der Waals surface area contributed by atoms with Crippen molar-refractivity contribution in [2.45, 2.75) is 6.92 Å². The number of morpholine rings is 1. The molecule has 0 unspecified atom stereocenters. The van der Waals surface area contributed by atoms with Crippen molar-refractivity contribution in [3.05, 3.63) is 84.1 Å². The van der Waals surface area contributed by atoms with Crippen LogP contribution in [-0.4, -0.2) is 60.0 Å². The van der Waals surface area contributed by atoms with Crippen molar-refractivity contribution in [1.29, 1.82) is 0 Å². The van der Waals surface area contributed by atoms with Crippen LogP contribution in [0.3, 0.4) is 0 Å². The summed E-state index contributed by atoms with van der Waals surface area (Å²) < 4.78 is 7.24. The Labute approximate surface area is 199 Å². The molecule has 7 nitrogen and oxygen atoms in total. The van der Waals surface area contributed by atoms with Crippen LogP contribution < -0.4 is 10.6 Å². The Morgan fingerprint density at radius 2 is 1.82 bits per heavy atom. The Morgan fingerprint density at radius 1 is 1.00 bits per heavy atom. The first kappa shape index (κ1) is 22.1. The zero-order valence-electron chi connectivity index (χ0n) is 19.3. The minimum atomic E-state index is -0.0730. The van der Waals surface area contributed by atoms with Crippen LogP contribution in [0.1, 0.15) is 15.9 Å². The summed E-state index contributed by atoms with van der Waals surface area (Å²) >= 11 is 0. The number of aromatic nitrogens is 2. The number of nitrogens with one attached hydrogen (secondary N) is 2. The molecule has 1 amide bonds. The van der Waals surface area contributed by atoms with E-state index in [1.54, 1.807) is 0 Å². The lowest BCUT2D eigenvalue weighted by atomic mass is 10.1. The van der Waals surface area contributed by atoms with Crippen molar-refractivity contribution in [2.75, 3.05) is 44.7 Å². The molecule has 0 radical (unpaired) electrons. The summed E-state index contributed by atoms with van der Waals surface area (Å²) in [4.78, 5) is 15.0. The van der Waals surface area contributed by atoms with Gasteiger partial charge >= 0.3 is 0 Å². The van der Waals surface area contributed by atoms with E-state index in [1.807, 2.05) is 47.3 Å². The number of benzene rings is 3. The molecule has 0 aliphatic carbocycles. The molecule has 1 aliphatic heterocycles. The topological polar surface area (TPSA) is 71.4 Å². The van der Waals surface area contributed by atoms with Crippen molar-refractivity contribution in [2.24, 2.45) is 0 Å². The molecule has 34 heavy (non-hydrogen) atoms. The molecule has 4 aromatic rings. The Morgan fingerprint density at radius 3 is 2.68 bits per heavy atom. The van der Waals surface area contributed by atoms with Gasteiger partial charge in [0.15, 0.2) is 0 Å². The smallest absolute Gasteiger partial charge is 0.251 e. The van der Waals surface area contributed by atoms with Crippen LogP contribution in [0.4, 0.5) is 11.4 Å². The third-order valence-corrected chi connectivity index (χ3v) is 6.04. The van der Waals surface area contributed by atoms with Gasteiger partial charge < -0.3 is 15.4 Å². The fourth-order valence-electron chi connectivity index (χ4n) is 4.24. The molecule has 3 aromatic carbocycles. The highest BCUT2D eigenvalue weighted by Crippen LogP contribution is 2.25. The number of amides is 1. The summed E-state index contributed by atoms with van der Waals surface area (Å²) in [5.74, 6) is -0.0730. The molecular formula is C27H29N5O2. The van der Waals surface area contributed by atoms with Crippen molar-refractivity contribution in [3.63, 3.8) is 0 Å². The van der Waals surface area contributed by atoms with Gasteiger partial charge in [0.25, 0.3) is 5.91 Å². The van der Waals surface area contributed by atoms with E-state index < -0.39 is 0 Å². The molecule has 0 bridgehead atoms. The number of rotatable bonds is 7. The van der Waals surface area contributed by atoms with Gasteiger partial charge in [0.1, 0.15) is 0 Å². The number of ether oxygens (including phenoxy) is 1. The van der Waals surface area contributed by atoms with Gasteiger partial charge in [-0.1, -0.05) is 18.2 Å². The van der Waals surface area contributed by atoms with Crippen LogP contribution in [0, 0.1) is 6.92 Å². The first-order valence-corrected chi connectivity index (χ1v) is 11.7. The van der Waals surface area contributed by atoms with Gasteiger partial charge in [0.2, 0.25) is 0 Å². The van der Waals surface area contributed by atoms with E-state index in [4.69, 9.17) is 4.74 Å². The number of nitrogens with zero attached hydrogens (tertiary/aromatic N) is 3. The second-order valence-corrected chi connectivity index (χ2v) is 8.58. The Balaban J connectivity index is 1.28. The second kappa shape index (κ2) is 10.1. The van der Waals surface area contributed by atoms with Gasteiger partial charge in [0.05, 0.1) is 30.6 Å². The van der Waals surface area contributed by atoms with Gasteiger partial charge in [0, 0.05) is 48.5 Å². The van der Waals surface area contributed by atoms with Crippen LogP contribution in [0.25, 0.3) is 16.6 Å². The number of fused-ring (bicyclic) bond motifs is 1. The normalized spacial score (nSPS) is 14.3. The highest BCUT2D eigenvalue weighted by molar-refractivity contribution is 5.95. The summed E-state index contributed by atoms with van der Waals surface area (Å²) in [5.41, 5.74) is 5.74. The second-order valence-electron chi connectivity index (χ2n) is 8.58. The fourth-order valence-corrected chi connectivity index (χ4v) is 4.24. The average Bonchev–Trinajstić information content (AvgIpc) is 3.28. The lowest BCUT2D eigenvalue weighted by molar-refractivity contribution is 0.0383. The number of hydrogen-bond acceptors (Lipinski definition) is 5. The van der Waals surface area contributed by atoms with Crippen molar-refractivity contribution < 1.29 is 9.53 Å². The zero-order valence-corrected chi connectivity index (χ0v) is 19.3. The molecule has 174 valence electrons. The highest BCUT2D eigenvalue weighted by Gasteiger charge is 2.12. The maximum absolute atomic E-state index is 12.7. The molecule has 0 atom stereocenters. The number of aryl methyl sites for hydroxylation is 1. The molecule has 5 rings (SSSR count). The first-order chi connectivity index (χ1) is 16.7. The van der Waals surface area contributed by atoms with Crippen LogP contribution in [0.2, 0.25) is 0 Å². The molecule has 2 N–H and O–H groups in total. The van der Waals surface area contributed by atoms with E-state index in [0.29, 0.717) is 12.1 Å². The molecule has 1 fully saturated rings. The van der Waals surface area contributed by atoms with E-state index in [9.17, 15) is 4.79 Å². The summed E-state index contributed by atoms with van der Waals surface area (Å²) in [5, 5.41) is 12.1. The molecule has 1 aliphatic rings. The largest absolute Gasteiger partial charge is 0.379 e. The monoisotopic (exact) mass is 455 g/mol. The molecule has 0 saturated carbocycles. The summed E-state index contributed by atoms with van der Waals surface area (Å²) in [6, 6.07) is 22.1. The number of carbonyl (C=O) groups is 1. The van der Waals surface area contributed by atoms with Crippen LogP contribution in [-0.2, 0) is 4.74 Å². The molecule has 1 saturated heterocycles. The third-order valence-electron chi connectivity index (χ3n) is 6.04. The zero-order chi connectivity index (χ0) is 23.3. The fraction of sp³-hybridized carbons (Fsp3) is 0.259. The number of anilines is 2. The highest BCUT2D eigenvalue weighted by atomic mass is 16.5. The minimum absolute atomic E-state index is 0.0730. The number of hydrogen-bond donors (Lipinski definition) is 2. The summed E-state index contributed by atoms with van der Waals surface area (Å²) in [6.07, 6.45) is 1.85. The molecule has 7 heteroatoms. The molecule has 1 aromatic heterocycles. The lowest BCUT2D eigenvalue weighted by Crippen LogP contribution is -2.41. The van der Waals surface area contributed by atoms with Crippen molar-refractivity contribution in [3.8, 4) is 5.69 Å².